The number of rotatable bonds is 0. The smallest absolute Gasteiger partial charge is 0.138 e. The SMILES string of the molecule is C[C@H]1C(=O)C[C@@H](O)[C@@H]2[C@]1(C)CC[C@H]1[C@@]2(C)CC[C@@]2(C)[C@@H]3CC(C)(C)C[C@@H](O)[C@]3(C)CC[C@]12C. The monoisotopic (exact) mass is 458 g/mol. The highest BCUT2D eigenvalue weighted by Crippen LogP contribution is 2.78. The Balaban J connectivity index is 1.58. The average Bonchev–Trinajstić information content (AvgIpc) is 2.69. The predicted octanol–water partition coefficient (Wildman–Crippen LogP) is 6.40. The van der Waals surface area contributed by atoms with Gasteiger partial charge in [0.25, 0.3) is 0 Å². The summed E-state index contributed by atoms with van der Waals surface area (Å²) in [4.78, 5) is 12.8. The molecule has 11 atom stereocenters. The number of aliphatic hydroxyl groups is 2. The zero-order valence-electron chi connectivity index (χ0n) is 22.6. The van der Waals surface area contributed by atoms with Gasteiger partial charge in [0, 0.05) is 12.3 Å². The van der Waals surface area contributed by atoms with E-state index < -0.39 is 6.10 Å². The van der Waals surface area contributed by atoms with Crippen molar-refractivity contribution < 1.29 is 15.0 Å². The molecule has 5 fully saturated rings. The standard InChI is InChI=1S/C30H50O3/c1-18-19(31)15-20(32)24-26(18,4)10-9-21-28(24,6)12-14-30(8)22-16-25(2,3)17-23(33)27(22,5)11-13-29(21,30)7/h18,20-24,32-33H,9-17H2,1-8H3/t18-,20+,21-,22+,23+,24+,26+,27+,28+,29+,30-/m0/s1. The van der Waals surface area contributed by atoms with Crippen molar-refractivity contribution in [1.82, 2.24) is 0 Å². The van der Waals surface area contributed by atoms with Gasteiger partial charge in [0.15, 0.2) is 0 Å². The van der Waals surface area contributed by atoms with Crippen LogP contribution in [-0.4, -0.2) is 28.2 Å². The van der Waals surface area contributed by atoms with E-state index in [2.05, 4.69) is 55.4 Å². The number of ketones is 1. The molecule has 5 aliphatic rings. The molecule has 0 saturated heterocycles. The second kappa shape index (κ2) is 6.87. The zero-order valence-corrected chi connectivity index (χ0v) is 22.6. The van der Waals surface area contributed by atoms with Crippen LogP contribution in [0.3, 0.4) is 0 Å². The van der Waals surface area contributed by atoms with Crippen LogP contribution in [0.2, 0.25) is 0 Å². The molecule has 0 aromatic carbocycles. The summed E-state index contributed by atoms with van der Waals surface area (Å²) >= 11 is 0. The van der Waals surface area contributed by atoms with Crippen molar-refractivity contribution in [2.75, 3.05) is 0 Å². The van der Waals surface area contributed by atoms with Crippen molar-refractivity contribution in [2.24, 2.45) is 56.2 Å². The second-order valence-corrected chi connectivity index (χ2v) is 15.5. The van der Waals surface area contributed by atoms with E-state index in [0.717, 1.165) is 25.7 Å². The zero-order chi connectivity index (χ0) is 24.4. The van der Waals surface area contributed by atoms with Gasteiger partial charge in [0.1, 0.15) is 5.78 Å². The van der Waals surface area contributed by atoms with Gasteiger partial charge in [-0.15, -0.1) is 0 Å². The number of hydrogen-bond acceptors (Lipinski definition) is 3. The maximum absolute atomic E-state index is 12.8. The van der Waals surface area contributed by atoms with Crippen molar-refractivity contribution in [3.8, 4) is 0 Å². The number of fused-ring (bicyclic) bond motifs is 7. The lowest BCUT2D eigenvalue weighted by atomic mass is 9.29. The molecule has 33 heavy (non-hydrogen) atoms. The van der Waals surface area contributed by atoms with Crippen LogP contribution in [0.15, 0.2) is 0 Å². The molecule has 0 amide bonds. The van der Waals surface area contributed by atoms with Gasteiger partial charge in [-0.1, -0.05) is 55.4 Å². The average molecular weight is 459 g/mol. The Hall–Kier alpha value is -0.410. The molecule has 3 heteroatoms. The van der Waals surface area contributed by atoms with Crippen LogP contribution in [0.1, 0.15) is 113 Å². The molecule has 5 aliphatic carbocycles. The minimum atomic E-state index is -0.497. The lowest BCUT2D eigenvalue weighted by molar-refractivity contribution is -0.279. The van der Waals surface area contributed by atoms with Crippen LogP contribution >= 0.6 is 0 Å². The van der Waals surface area contributed by atoms with Gasteiger partial charge < -0.3 is 10.2 Å². The van der Waals surface area contributed by atoms with Gasteiger partial charge in [-0.2, -0.15) is 0 Å². The predicted molar refractivity (Wildman–Crippen MR) is 133 cm³/mol. The molecule has 0 bridgehead atoms. The molecule has 0 aromatic rings. The molecule has 5 saturated carbocycles. The normalized spacial score (nSPS) is 60.2. The van der Waals surface area contributed by atoms with E-state index in [9.17, 15) is 15.0 Å². The maximum Gasteiger partial charge on any atom is 0.138 e. The van der Waals surface area contributed by atoms with Crippen LogP contribution in [0.5, 0.6) is 0 Å². The molecule has 0 spiro atoms. The number of Topliss-reactive ketones (excluding diaryl/α,β-unsaturated/α-hetero) is 1. The van der Waals surface area contributed by atoms with Crippen LogP contribution in [-0.2, 0) is 4.79 Å². The van der Waals surface area contributed by atoms with Crippen LogP contribution in [0.25, 0.3) is 0 Å². The second-order valence-electron chi connectivity index (χ2n) is 15.5. The highest BCUT2D eigenvalue weighted by atomic mass is 16.3. The fourth-order valence-electron chi connectivity index (χ4n) is 11.4. The van der Waals surface area contributed by atoms with Gasteiger partial charge in [0.05, 0.1) is 12.2 Å². The summed E-state index contributed by atoms with van der Waals surface area (Å²) in [6.45, 7) is 19.2. The van der Waals surface area contributed by atoms with Crippen molar-refractivity contribution in [2.45, 2.75) is 125 Å². The molecule has 0 aliphatic heterocycles. The van der Waals surface area contributed by atoms with E-state index in [4.69, 9.17) is 0 Å². The molecule has 0 aromatic heterocycles. The summed E-state index contributed by atoms with van der Waals surface area (Å²) < 4.78 is 0. The summed E-state index contributed by atoms with van der Waals surface area (Å²) in [5.74, 6) is 1.64. The van der Waals surface area contributed by atoms with Gasteiger partial charge in [-0.25, -0.2) is 0 Å². The van der Waals surface area contributed by atoms with Crippen molar-refractivity contribution in [1.29, 1.82) is 0 Å². The van der Waals surface area contributed by atoms with Crippen LogP contribution in [0, 0.1) is 56.2 Å². The summed E-state index contributed by atoms with van der Waals surface area (Å²) in [5.41, 5.74) is 0.612. The van der Waals surface area contributed by atoms with Crippen molar-refractivity contribution >= 4 is 5.78 Å². The summed E-state index contributed by atoms with van der Waals surface area (Å²) in [6, 6.07) is 0. The lowest BCUT2D eigenvalue weighted by Gasteiger charge is -2.75. The minimum Gasteiger partial charge on any atom is -0.393 e. The lowest BCUT2D eigenvalue weighted by Crippen LogP contribution is -2.70. The van der Waals surface area contributed by atoms with E-state index in [1.165, 1.54) is 25.7 Å². The van der Waals surface area contributed by atoms with Crippen molar-refractivity contribution in [3.05, 3.63) is 0 Å². The Morgan fingerprint density at radius 3 is 1.94 bits per heavy atom. The van der Waals surface area contributed by atoms with Gasteiger partial charge >= 0.3 is 0 Å². The van der Waals surface area contributed by atoms with Gasteiger partial charge in [-0.3, -0.25) is 4.79 Å². The Bertz CT molecular complexity index is 849. The molecule has 0 unspecified atom stereocenters. The number of hydrogen-bond donors (Lipinski definition) is 2. The summed E-state index contributed by atoms with van der Waals surface area (Å²) in [6.07, 6.45) is 8.64. The quantitative estimate of drug-likeness (QED) is 0.442. The fraction of sp³-hybridized carbons (Fsp3) is 0.967. The molecular formula is C30H50O3. The van der Waals surface area contributed by atoms with E-state index in [0.29, 0.717) is 18.3 Å². The Morgan fingerprint density at radius 2 is 1.30 bits per heavy atom. The topological polar surface area (TPSA) is 57.5 Å². The first kappa shape index (κ1) is 24.3. The molecule has 3 nitrogen and oxygen atoms in total. The van der Waals surface area contributed by atoms with E-state index >= 15 is 0 Å². The third-order valence-electron chi connectivity index (χ3n) is 13.7. The molecule has 0 heterocycles. The molecular weight excluding hydrogens is 408 g/mol. The highest BCUT2D eigenvalue weighted by molar-refractivity contribution is 5.83. The first-order valence-electron chi connectivity index (χ1n) is 13.9. The van der Waals surface area contributed by atoms with E-state index in [1.807, 2.05) is 0 Å². The largest absolute Gasteiger partial charge is 0.393 e. The number of carbonyl (C=O) groups excluding carboxylic acids is 1. The maximum atomic E-state index is 12.8. The first-order valence-corrected chi connectivity index (χ1v) is 13.9. The Morgan fingerprint density at radius 1 is 0.727 bits per heavy atom. The van der Waals surface area contributed by atoms with Gasteiger partial charge in [-0.05, 0) is 102 Å². The number of aliphatic hydroxyl groups excluding tert-OH is 2. The van der Waals surface area contributed by atoms with Gasteiger partial charge in [0.2, 0.25) is 0 Å². The number of carbonyl (C=O) groups is 1. The first-order chi connectivity index (χ1) is 15.1. The van der Waals surface area contributed by atoms with Crippen LogP contribution in [0.4, 0.5) is 0 Å². The molecule has 5 rings (SSSR count). The minimum absolute atomic E-state index is 0.0198. The highest BCUT2D eigenvalue weighted by Gasteiger charge is 2.72. The van der Waals surface area contributed by atoms with Crippen molar-refractivity contribution in [3.63, 3.8) is 0 Å². The molecule has 188 valence electrons. The van der Waals surface area contributed by atoms with E-state index in [-0.39, 0.29) is 56.2 Å². The third kappa shape index (κ3) is 2.85. The Kier molecular flexibility index (Phi) is 5.06. The van der Waals surface area contributed by atoms with E-state index in [1.54, 1.807) is 0 Å². The molecule has 2 N–H and O–H groups in total. The summed E-state index contributed by atoms with van der Waals surface area (Å²) in [5, 5.41) is 22.8. The third-order valence-corrected chi connectivity index (χ3v) is 13.7. The van der Waals surface area contributed by atoms with Crippen LogP contribution < -0.4 is 0 Å². The summed E-state index contributed by atoms with van der Waals surface area (Å²) in [7, 11) is 0. The molecule has 0 radical (unpaired) electrons. The fourth-order valence-corrected chi connectivity index (χ4v) is 11.4. The Labute approximate surface area is 202 Å².